The van der Waals surface area contributed by atoms with Crippen LogP contribution in [0.5, 0.6) is 0 Å². The van der Waals surface area contributed by atoms with E-state index in [4.69, 9.17) is 0 Å². The molecule has 0 fully saturated rings. The van der Waals surface area contributed by atoms with Gasteiger partial charge in [0.25, 0.3) is 5.91 Å². The minimum Gasteiger partial charge on any atom is -0.394 e. The fraction of sp³-hybridized carbons (Fsp3) is 0.231. The van der Waals surface area contributed by atoms with Crippen molar-refractivity contribution in [3.05, 3.63) is 53.9 Å². The molecule has 0 unspecified atom stereocenters. The number of aliphatic hydroxyl groups is 1. The maximum absolute atomic E-state index is 12.0. The first kappa shape index (κ1) is 12.3. The summed E-state index contributed by atoms with van der Waals surface area (Å²) in [5, 5.41) is 16.1. The van der Waals surface area contributed by atoms with Crippen molar-refractivity contribution < 1.29 is 9.90 Å². The van der Waals surface area contributed by atoms with Crippen molar-refractivity contribution in [2.24, 2.45) is 7.05 Å². The van der Waals surface area contributed by atoms with Crippen LogP contribution in [0.3, 0.4) is 0 Å². The topological polar surface area (TPSA) is 67.2 Å². The maximum atomic E-state index is 12.0. The third-order valence-electron chi connectivity index (χ3n) is 2.74. The van der Waals surface area contributed by atoms with Crippen molar-refractivity contribution in [1.82, 2.24) is 15.1 Å². The summed E-state index contributed by atoms with van der Waals surface area (Å²) in [6, 6.07) is 10.6. The number of benzene rings is 1. The number of aromatic nitrogens is 2. The van der Waals surface area contributed by atoms with Gasteiger partial charge < -0.3 is 10.4 Å². The van der Waals surface area contributed by atoms with Crippen LogP contribution >= 0.6 is 0 Å². The van der Waals surface area contributed by atoms with E-state index in [1.807, 2.05) is 30.3 Å². The summed E-state index contributed by atoms with van der Waals surface area (Å²) in [5.41, 5.74) is 1.33. The average molecular weight is 245 g/mol. The number of amides is 1. The van der Waals surface area contributed by atoms with E-state index in [9.17, 15) is 9.90 Å². The normalized spacial score (nSPS) is 12.1. The maximum Gasteiger partial charge on any atom is 0.270 e. The predicted molar refractivity (Wildman–Crippen MR) is 66.9 cm³/mol. The lowest BCUT2D eigenvalue weighted by molar-refractivity contribution is 0.0906. The van der Waals surface area contributed by atoms with Crippen LogP contribution in [0.2, 0.25) is 0 Å². The van der Waals surface area contributed by atoms with Gasteiger partial charge >= 0.3 is 0 Å². The molecule has 1 atom stereocenters. The zero-order chi connectivity index (χ0) is 13.0. The van der Waals surface area contributed by atoms with E-state index in [1.54, 1.807) is 19.3 Å². The third kappa shape index (κ3) is 2.57. The van der Waals surface area contributed by atoms with Gasteiger partial charge in [-0.2, -0.15) is 5.10 Å². The quantitative estimate of drug-likeness (QED) is 0.840. The highest BCUT2D eigenvalue weighted by molar-refractivity contribution is 5.92. The average Bonchev–Trinajstić information content (AvgIpc) is 2.83. The van der Waals surface area contributed by atoms with Crippen molar-refractivity contribution >= 4 is 5.91 Å². The van der Waals surface area contributed by atoms with Gasteiger partial charge in [0.2, 0.25) is 0 Å². The number of nitrogens with zero attached hydrogens (tertiary/aromatic N) is 2. The van der Waals surface area contributed by atoms with E-state index < -0.39 is 6.04 Å². The molecule has 1 amide bonds. The molecule has 2 aromatic rings. The molecule has 5 nitrogen and oxygen atoms in total. The van der Waals surface area contributed by atoms with Gasteiger partial charge in [-0.1, -0.05) is 30.3 Å². The second-order valence-electron chi connectivity index (χ2n) is 3.96. The van der Waals surface area contributed by atoms with Gasteiger partial charge in [0.05, 0.1) is 12.6 Å². The molecule has 0 bridgehead atoms. The molecule has 1 heterocycles. The molecule has 1 aromatic heterocycles. The zero-order valence-electron chi connectivity index (χ0n) is 10.1. The van der Waals surface area contributed by atoms with E-state index in [0.29, 0.717) is 5.69 Å². The number of carbonyl (C=O) groups is 1. The van der Waals surface area contributed by atoms with Crippen LogP contribution in [-0.2, 0) is 7.05 Å². The van der Waals surface area contributed by atoms with Gasteiger partial charge in [0, 0.05) is 13.2 Å². The standard InChI is InChI=1S/C13H15N3O2/c1-16-12(7-8-14-16)13(18)15-11(9-17)10-5-3-2-4-6-10/h2-8,11,17H,9H2,1H3,(H,15,18)/t11-/m0/s1. The monoisotopic (exact) mass is 245 g/mol. The SMILES string of the molecule is Cn1nccc1C(=O)N[C@@H](CO)c1ccccc1. The van der Waals surface area contributed by atoms with Crippen molar-refractivity contribution in [2.75, 3.05) is 6.61 Å². The Balaban J connectivity index is 2.13. The lowest BCUT2D eigenvalue weighted by Crippen LogP contribution is -2.32. The molecule has 2 N–H and O–H groups in total. The number of aryl methyl sites for hydroxylation is 1. The highest BCUT2D eigenvalue weighted by Crippen LogP contribution is 2.12. The number of hydrogen-bond acceptors (Lipinski definition) is 3. The molecule has 0 saturated heterocycles. The number of hydrogen-bond donors (Lipinski definition) is 2. The molecule has 2 rings (SSSR count). The summed E-state index contributed by atoms with van der Waals surface area (Å²) in [6.45, 7) is -0.145. The summed E-state index contributed by atoms with van der Waals surface area (Å²) < 4.78 is 1.49. The molecule has 0 radical (unpaired) electrons. The third-order valence-corrected chi connectivity index (χ3v) is 2.74. The minimum absolute atomic E-state index is 0.145. The molecule has 0 aliphatic carbocycles. The van der Waals surface area contributed by atoms with E-state index in [1.165, 1.54) is 4.68 Å². The smallest absolute Gasteiger partial charge is 0.270 e. The van der Waals surface area contributed by atoms with Crippen molar-refractivity contribution in [1.29, 1.82) is 0 Å². The van der Waals surface area contributed by atoms with Crippen molar-refractivity contribution in [3.63, 3.8) is 0 Å². The summed E-state index contributed by atoms with van der Waals surface area (Å²) in [6.07, 6.45) is 1.56. The number of rotatable bonds is 4. The van der Waals surface area contributed by atoms with Crippen LogP contribution < -0.4 is 5.32 Å². The molecule has 0 aliphatic heterocycles. The second-order valence-corrected chi connectivity index (χ2v) is 3.96. The minimum atomic E-state index is -0.409. The lowest BCUT2D eigenvalue weighted by atomic mass is 10.1. The molecular weight excluding hydrogens is 230 g/mol. The van der Waals surface area contributed by atoms with Crippen LogP contribution in [0.25, 0.3) is 0 Å². The summed E-state index contributed by atoms with van der Waals surface area (Å²) in [7, 11) is 1.70. The van der Waals surface area contributed by atoms with Crippen molar-refractivity contribution in [2.45, 2.75) is 6.04 Å². The fourth-order valence-corrected chi connectivity index (χ4v) is 1.75. The number of aliphatic hydroxyl groups excluding tert-OH is 1. The molecule has 0 saturated carbocycles. The zero-order valence-corrected chi connectivity index (χ0v) is 10.1. The Morgan fingerprint density at radius 1 is 1.39 bits per heavy atom. The number of carbonyl (C=O) groups excluding carboxylic acids is 1. The van der Waals surface area contributed by atoms with Crippen molar-refractivity contribution in [3.8, 4) is 0 Å². The highest BCUT2D eigenvalue weighted by Gasteiger charge is 2.16. The molecular formula is C13H15N3O2. The fourth-order valence-electron chi connectivity index (χ4n) is 1.75. The van der Waals surface area contributed by atoms with Crippen LogP contribution in [0, 0.1) is 0 Å². The first-order valence-electron chi connectivity index (χ1n) is 5.67. The molecule has 94 valence electrons. The first-order chi connectivity index (χ1) is 8.72. The van der Waals surface area contributed by atoms with Gasteiger partial charge in [-0.15, -0.1) is 0 Å². The van der Waals surface area contributed by atoms with Gasteiger partial charge in [-0.25, -0.2) is 0 Å². The van der Waals surface area contributed by atoms with Gasteiger partial charge in [-0.05, 0) is 11.6 Å². The molecule has 18 heavy (non-hydrogen) atoms. The largest absolute Gasteiger partial charge is 0.394 e. The van der Waals surface area contributed by atoms with Crippen LogP contribution in [0.1, 0.15) is 22.1 Å². The number of nitrogens with one attached hydrogen (secondary N) is 1. The summed E-state index contributed by atoms with van der Waals surface area (Å²) >= 11 is 0. The van der Waals surface area contributed by atoms with Crippen LogP contribution in [-0.4, -0.2) is 27.4 Å². The molecule has 5 heteroatoms. The Morgan fingerprint density at radius 2 is 2.11 bits per heavy atom. The Labute approximate surface area is 105 Å². The van der Waals surface area contributed by atoms with E-state index in [-0.39, 0.29) is 12.5 Å². The van der Waals surface area contributed by atoms with Crippen LogP contribution in [0.15, 0.2) is 42.6 Å². The summed E-state index contributed by atoms with van der Waals surface area (Å²) in [4.78, 5) is 12.0. The van der Waals surface area contributed by atoms with E-state index >= 15 is 0 Å². The van der Waals surface area contributed by atoms with E-state index in [0.717, 1.165) is 5.56 Å². The van der Waals surface area contributed by atoms with Gasteiger partial charge in [0.15, 0.2) is 0 Å². The Hall–Kier alpha value is -2.14. The first-order valence-corrected chi connectivity index (χ1v) is 5.67. The van der Waals surface area contributed by atoms with Gasteiger partial charge in [0.1, 0.15) is 5.69 Å². The Bertz CT molecular complexity index is 522. The highest BCUT2D eigenvalue weighted by atomic mass is 16.3. The molecule has 0 spiro atoms. The van der Waals surface area contributed by atoms with Crippen LogP contribution in [0.4, 0.5) is 0 Å². The summed E-state index contributed by atoms with van der Waals surface area (Å²) in [5.74, 6) is -0.252. The van der Waals surface area contributed by atoms with Gasteiger partial charge in [-0.3, -0.25) is 9.48 Å². The predicted octanol–water partition coefficient (Wildman–Crippen LogP) is 0.884. The Morgan fingerprint density at radius 3 is 2.67 bits per heavy atom. The second kappa shape index (κ2) is 5.46. The molecule has 0 aliphatic rings. The van der Waals surface area contributed by atoms with E-state index in [2.05, 4.69) is 10.4 Å². The lowest BCUT2D eigenvalue weighted by Gasteiger charge is -2.16. The molecule has 1 aromatic carbocycles. The Kier molecular flexibility index (Phi) is 3.74.